The molecule has 0 aliphatic carbocycles. The van der Waals surface area contributed by atoms with Gasteiger partial charge in [-0.05, 0) is 37.9 Å². The van der Waals surface area contributed by atoms with Crippen LogP contribution in [0.5, 0.6) is 0 Å². The molecule has 106 valence electrons. The number of hydrogen-bond donors (Lipinski definition) is 1. The fourth-order valence-electron chi connectivity index (χ4n) is 2.79. The van der Waals surface area contributed by atoms with E-state index in [0.717, 1.165) is 56.7 Å². The van der Waals surface area contributed by atoms with E-state index in [9.17, 15) is 4.79 Å². The smallest absolute Gasteiger partial charge is 0.304 e. The summed E-state index contributed by atoms with van der Waals surface area (Å²) in [4.78, 5) is 13.2. The molecular formula is C15H23NO3. The van der Waals surface area contributed by atoms with E-state index in [1.807, 2.05) is 12.1 Å². The van der Waals surface area contributed by atoms with Crippen molar-refractivity contribution in [1.82, 2.24) is 4.90 Å². The van der Waals surface area contributed by atoms with Gasteiger partial charge in [-0.1, -0.05) is 13.3 Å². The van der Waals surface area contributed by atoms with Gasteiger partial charge in [-0.3, -0.25) is 9.69 Å². The van der Waals surface area contributed by atoms with Gasteiger partial charge in [0.1, 0.15) is 11.5 Å². The van der Waals surface area contributed by atoms with Crippen molar-refractivity contribution >= 4 is 5.97 Å². The maximum Gasteiger partial charge on any atom is 0.304 e. The summed E-state index contributed by atoms with van der Waals surface area (Å²) in [6.07, 6.45) is 5.56. The summed E-state index contributed by atoms with van der Waals surface area (Å²) in [5.74, 6) is 1.29. The van der Waals surface area contributed by atoms with Gasteiger partial charge in [0.2, 0.25) is 0 Å². The van der Waals surface area contributed by atoms with Crippen LogP contribution < -0.4 is 0 Å². The third-order valence-corrected chi connectivity index (χ3v) is 3.73. The lowest BCUT2D eigenvalue weighted by Gasteiger charge is -2.34. The first-order valence-electron chi connectivity index (χ1n) is 7.22. The van der Waals surface area contributed by atoms with E-state index in [4.69, 9.17) is 9.52 Å². The highest BCUT2D eigenvalue weighted by atomic mass is 16.4. The number of carbonyl (C=O) groups is 1. The van der Waals surface area contributed by atoms with Crippen molar-refractivity contribution in [2.24, 2.45) is 0 Å². The predicted molar refractivity (Wildman–Crippen MR) is 73.0 cm³/mol. The molecule has 1 aromatic heterocycles. The second-order valence-electron chi connectivity index (χ2n) is 5.34. The molecule has 1 atom stereocenters. The van der Waals surface area contributed by atoms with E-state index in [-0.39, 0.29) is 12.5 Å². The van der Waals surface area contributed by atoms with E-state index in [2.05, 4.69) is 11.8 Å². The molecule has 0 unspecified atom stereocenters. The van der Waals surface area contributed by atoms with Crippen molar-refractivity contribution in [3.8, 4) is 0 Å². The Kier molecular flexibility index (Phi) is 5.02. The van der Waals surface area contributed by atoms with Gasteiger partial charge >= 0.3 is 5.97 Å². The maximum absolute atomic E-state index is 10.9. The van der Waals surface area contributed by atoms with Crippen LogP contribution in [-0.4, -0.2) is 28.6 Å². The number of carboxylic acids is 1. The van der Waals surface area contributed by atoms with E-state index < -0.39 is 5.97 Å². The number of rotatable bonds is 6. The van der Waals surface area contributed by atoms with Crippen molar-refractivity contribution in [3.63, 3.8) is 0 Å². The van der Waals surface area contributed by atoms with Crippen LogP contribution in [0.2, 0.25) is 0 Å². The fourth-order valence-corrected chi connectivity index (χ4v) is 2.79. The second-order valence-corrected chi connectivity index (χ2v) is 5.34. The van der Waals surface area contributed by atoms with Crippen molar-refractivity contribution in [1.29, 1.82) is 0 Å². The van der Waals surface area contributed by atoms with Gasteiger partial charge in [0.05, 0.1) is 13.0 Å². The minimum absolute atomic E-state index is 0.158. The van der Waals surface area contributed by atoms with Gasteiger partial charge in [0.25, 0.3) is 0 Å². The van der Waals surface area contributed by atoms with E-state index >= 15 is 0 Å². The summed E-state index contributed by atoms with van der Waals surface area (Å²) in [5, 5.41) is 8.97. The quantitative estimate of drug-likeness (QED) is 0.859. The lowest BCUT2D eigenvalue weighted by Crippen LogP contribution is -2.40. The van der Waals surface area contributed by atoms with Crippen LogP contribution in [0, 0.1) is 0 Å². The third-order valence-electron chi connectivity index (χ3n) is 3.73. The Morgan fingerprint density at radius 2 is 2.21 bits per heavy atom. The summed E-state index contributed by atoms with van der Waals surface area (Å²) in [7, 11) is 0. The minimum atomic E-state index is -0.706. The molecule has 4 heteroatoms. The highest BCUT2D eigenvalue weighted by molar-refractivity contribution is 5.67. The van der Waals surface area contributed by atoms with Crippen molar-refractivity contribution in [3.05, 3.63) is 23.7 Å². The van der Waals surface area contributed by atoms with Crippen LogP contribution in [0.1, 0.15) is 50.5 Å². The Balaban J connectivity index is 1.95. The zero-order valence-electron chi connectivity index (χ0n) is 11.6. The highest BCUT2D eigenvalue weighted by Gasteiger charge is 2.25. The standard InChI is InChI=1S/C15H23NO3/c1-2-5-13-7-8-14(19-13)11-16-9-4-3-6-12(16)10-15(17)18/h7-8,12H,2-6,9-11H2,1H3,(H,17,18)/t12-/m1/s1. The molecule has 0 radical (unpaired) electrons. The predicted octanol–water partition coefficient (Wildman–Crippen LogP) is 3.06. The minimum Gasteiger partial charge on any atom is -0.481 e. The summed E-state index contributed by atoms with van der Waals surface area (Å²) < 4.78 is 5.79. The Hall–Kier alpha value is -1.29. The van der Waals surface area contributed by atoms with Gasteiger partial charge in [0, 0.05) is 12.5 Å². The molecule has 1 aliphatic heterocycles. The molecule has 1 aliphatic rings. The molecule has 1 saturated heterocycles. The number of aryl methyl sites for hydroxylation is 1. The fraction of sp³-hybridized carbons (Fsp3) is 0.667. The molecular weight excluding hydrogens is 242 g/mol. The number of aliphatic carboxylic acids is 1. The van der Waals surface area contributed by atoms with Gasteiger partial charge in [-0.15, -0.1) is 0 Å². The second kappa shape index (κ2) is 6.75. The van der Waals surface area contributed by atoms with Crippen LogP contribution in [0.3, 0.4) is 0 Å². The van der Waals surface area contributed by atoms with Crippen LogP contribution in [-0.2, 0) is 17.8 Å². The van der Waals surface area contributed by atoms with Gasteiger partial charge in [-0.25, -0.2) is 0 Å². The monoisotopic (exact) mass is 265 g/mol. The Morgan fingerprint density at radius 3 is 2.95 bits per heavy atom. The summed E-state index contributed by atoms with van der Waals surface area (Å²) in [5.41, 5.74) is 0. The molecule has 2 heterocycles. The molecule has 1 aromatic rings. The average Bonchev–Trinajstić information content (AvgIpc) is 2.79. The van der Waals surface area contributed by atoms with Crippen LogP contribution in [0.4, 0.5) is 0 Å². The largest absolute Gasteiger partial charge is 0.481 e. The molecule has 1 N–H and O–H groups in total. The number of carboxylic acid groups (broad SMARTS) is 1. The SMILES string of the molecule is CCCc1ccc(CN2CCCC[C@@H]2CC(=O)O)o1. The first-order valence-corrected chi connectivity index (χ1v) is 7.22. The molecule has 0 saturated carbocycles. The Labute approximate surface area is 114 Å². The van der Waals surface area contributed by atoms with Gasteiger partial charge in [-0.2, -0.15) is 0 Å². The topological polar surface area (TPSA) is 53.7 Å². The van der Waals surface area contributed by atoms with E-state index in [1.165, 1.54) is 0 Å². The van der Waals surface area contributed by atoms with E-state index in [1.54, 1.807) is 0 Å². The number of furan rings is 1. The Bertz CT molecular complexity index is 413. The molecule has 1 fully saturated rings. The van der Waals surface area contributed by atoms with Gasteiger partial charge < -0.3 is 9.52 Å². The first kappa shape index (κ1) is 14.1. The molecule has 0 bridgehead atoms. The molecule has 4 nitrogen and oxygen atoms in total. The first-order chi connectivity index (χ1) is 9.19. The van der Waals surface area contributed by atoms with Crippen LogP contribution in [0.15, 0.2) is 16.5 Å². The molecule has 0 aromatic carbocycles. The van der Waals surface area contributed by atoms with Crippen LogP contribution >= 0.6 is 0 Å². The number of hydrogen-bond acceptors (Lipinski definition) is 3. The summed E-state index contributed by atoms with van der Waals surface area (Å²) in [6.45, 7) is 3.85. The summed E-state index contributed by atoms with van der Waals surface area (Å²) >= 11 is 0. The normalized spacial score (nSPS) is 20.6. The lowest BCUT2D eigenvalue weighted by molar-refractivity contribution is -0.138. The zero-order chi connectivity index (χ0) is 13.7. The maximum atomic E-state index is 10.9. The van der Waals surface area contributed by atoms with Crippen LogP contribution in [0.25, 0.3) is 0 Å². The number of piperidine rings is 1. The highest BCUT2D eigenvalue weighted by Crippen LogP contribution is 2.23. The van der Waals surface area contributed by atoms with Crippen molar-refractivity contribution < 1.29 is 14.3 Å². The zero-order valence-corrected chi connectivity index (χ0v) is 11.6. The molecule has 0 spiro atoms. The number of likely N-dealkylation sites (tertiary alicyclic amines) is 1. The third kappa shape index (κ3) is 4.10. The average molecular weight is 265 g/mol. The van der Waals surface area contributed by atoms with Crippen molar-refractivity contribution in [2.45, 2.75) is 58.0 Å². The van der Waals surface area contributed by atoms with Gasteiger partial charge in [0.15, 0.2) is 0 Å². The van der Waals surface area contributed by atoms with Crippen molar-refractivity contribution in [2.75, 3.05) is 6.54 Å². The molecule has 0 amide bonds. The molecule has 2 rings (SSSR count). The summed E-state index contributed by atoms with van der Waals surface area (Å²) in [6, 6.07) is 4.22. The Morgan fingerprint density at radius 1 is 1.42 bits per heavy atom. The van der Waals surface area contributed by atoms with E-state index in [0.29, 0.717) is 0 Å². The number of nitrogens with zero attached hydrogens (tertiary/aromatic N) is 1. The lowest BCUT2D eigenvalue weighted by atomic mass is 9.99. The molecule has 19 heavy (non-hydrogen) atoms.